The maximum atomic E-state index is 9.95. The van der Waals surface area contributed by atoms with Gasteiger partial charge in [0.15, 0.2) is 0 Å². The first-order valence-electron chi connectivity index (χ1n) is 3.06. The van der Waals surface area contributed by atoms with Crippen LogP contribution in [0.5, 0.6) is 0 Å². The largest absolute Gasteiger partial charge is 0.376 e. The van der Waals surface area contributed by atoms with Gasteiger partial charge in [0.2, 0.25) is 0 Å². The number of hydrogen-bond donors (Lipinski definition) is 2. The molecule has 1 radical (unpaired) electrons. The summed E-state index contributed by atoms with van der Waals surface area (Å²) in [6, 6.07) is 0. The van der Waals surface area contributed by atoms with Gasteiger partial charge in [-0.25, -0.2) is 0 Å². The molecule has 1 saturated heterocycles. The van der Waals surface area contributed by atoms with E-state index in [1.54, 1.807) is 0 Å². The summed E-state index contributed by atoms with van der Waals surface area (Å²) < 4.78 is 0. The summed E-state index contributed by atoms with van der Waals surface area (Å²) >= 11 is 1.05. The molecule has 0 aromatic rings. The Morgan fingerprint density at radius 1 is 1.80 bits per heavy atom. The van der Waals surface area contributed by atoms with Gasteiger partial charge in [0.25, 0.3) is 6.20 Å². The SMILES string of the molecule is O=[N+]([O-])C=C1NCCC[SH]1. The highest BCUT2D eigenvalue weighted by Crippen LogP contribution is 2.17. The van der Waals surface area contributed by atoms with Crippen LogP contribution in [0.1, 0.15) is 6.42 Å². The van der Waals surface area contributed by atoms with Crippen LogP contribution >= 0.6 is 11.8 Å². The summed E-state index contributed by atoms with van der Waals surface area (Å²) in [5.74, 6) is 1.03. The lowest BCUT2D eigenvalue weighted by atomic mass is 10.5. The molecule has 1 N–H and O–H groups in total. The van der Waals surface area contributed by atoms with E-state index >= 15 is 0 Å². The quantitative estimate of drug-likeness (QED) is 0.335. The summed E-state index contributed by atoms with van der Waals surface area (Å²) in [5, 5.41) is 13.6. The maximum Gasteiger partial charge on any atom is 0.262 e. The average molecular weight is 161 g/mol. The number of nitrogens with zero attached hydrogens (tertiary/aromatic N) is 1. The molecule has 0 saturated carbocycles. The van der Waals surface area contributed by atoms with Crippen LogP contribution in [0.3, 0.4) is 0 Å². The van der Waals surface area contributed by atoms with Crippen LogP contribution in [-0.4, -0.2) is 17.2 Å². The standard InChI is InChI=1S/C5H9N2O2S/c8-7(9)4-5-6-2-1-3-10-5/h4,6,10H,1-3H2. The first-order chi connectivity index (χ1) is 4.79. The molecule has 0 aromatic carbocycles. The third-order valence-corrected chi connectivity index (χ3v) is 2.30. The Bertz CT molecular complexity index is 161. The first-order valence-corrected chi connectivity index (χ1v) is 4.14. The predicted octanol–water partition coefficient (Wildman–Crippen LogP) is 0.521. The van der Waals surface area contributed by atoms with Gasteiger partial charge < -0.3 is 5.32 Å². The van der Waals surface area contributed by atoms with Crippen molar-refractivity contribution in [3.8, 4) is 0 Å². The molecule has 0 spiro atoms. The van der Waals surface area contributed by atoms with Gasteiger partial charge in [-0.3, -0.25) is 10.1 Å². The highest BCUT2D eigenvalue weighted by Gasteiger charge is 2.05. The molecule has 0 unspecified atom stereocenters. The first kappa shape index (κ1) is 7.40. The zero-order valence-electron chi connectivity index (χ0n) is 5.41. The smallest absolute Gasteiger partial charge is 0.262 e. The lowest BCUT2D eigenvalue weighted by molar-refractivity contribution is -0.403. The second-order valence-electron chi connectivity index (χ2n) is 1.96. The fraction of sp³-hybridized carbons (Fsp3) is 0.600. The van der Waals surface area contributed by atoms with Crippen molar-refractivity contribution in [1.82, 2.24) is 5.32 Å². The van der Waals surface area contributed by atoms with E-state index in [1.165, 1.54) is 0 Å². The van der Waals surface area contributed by atoms with Gasteiger partial charge in [0.05, 0.1) is 4.92 Å². The zero-order chi connectivity index (χ0) is 7.40. The third-order valence-electron chi connectivity index (χ3n) is 1.15. The molecule has 1 rings (SSSR count). The van der Waals surface area contributed by atoms with Gasteiger partial charge >= 0.3 is 0 Å². The number of nitro groups is 1. The molecule has 1 heterocycles. The predicted molar refractivity (Wildman–Crippen MR) is 41.6 cm³/mol. The van der Waals surface area contributed by atoms with E-state index in [-0.39, 0.29) is 0 Å². The molecular weight excluding hydrogens is 152 g/mol. The van der Waals surface area contributed by atoms with Gasteiger partial charge in [-0.15, -0.1) is 0 Å². The molecule has 4 nitrogen and oxygen atoms in total. The summed E-state index contributed by atoms with van der Waals surface area (Å²) in [6.45, 7) is 0.868. The van der Waals surface area contributed by atoms with Crippen LogP contribution in [-0.2, 0) is 0 Å². The minimum Gasteiger partial charge on any atom is -0.376 e. The van der Waals surface area contributed by atoms with Crippen LogP contribution in [0.25, 0.3) is 0 Å². The molecule has 0 aromatic heterocycles. The summed E-state index contributed by atoms with van der Waals surface area (Å²) in [4.78, 5) is 9.54. The Kier molecular flexibility index (Phi) is 2.56. The molecule has 0 aliphatic carbocycles. The van der Waals surface area contributed by atoms with Crippen molar-refractivity contribution in [2.75, 3.05) is 12.3 Å². The van der Waals surface area contributed by atoms with Crippen LogP contribution in [0.15, 0.2) is 11.2 Å². The monoisotopic (exact) mass is 161 g/mol. The Hall–Kier alpha value is -0.710. The van der Waals surface area contributed by atoms with E-state index in [0.29, 0.717) is 0 Å². The van der Waals surface area contributed by atoms with Crippen molar-refractivity contribution < 1.29 is 4.92 Å². The van der Waals surface area contributed by atoms with E-state index in [9.17, 15) is 10.1 Å². The third kappa shape index (κ3) is 2.26. The topological polar surface area (TPSA) is 55.2 Å². The van der Waals surface area contributed by atoms with Crippen LogP contribution in [0.2, 0.25) is 0 Å². The molecule has 1 fully saturated rings. The summed E-state index contributed by atoms with van der Waals surface area (Å²) in [6.07, 6.45) is 2.15. The Morgan fingerprint density at radius 2 is 2.60 bits per heavy atom. The normalized spacial score (nSPS) is 22.2. The van der Waals surface area contributed by atoms with E-state index in [0.717, 1.165) is 41.7 Å². The number of hydrogen-bond acceptors (Lipinski definition) is 3. The number of nitrogens with one attached hydrogen (secondary N) is 1. The molecule has 10 heavy (non-hydrogen) atoms. The maximum absolute atomic E-state index is 9.95. The van der Waals surface area contributed by atoms with E-state index < -0.39 is 4.92 Å². The van der Waals surface area contributed by atoms with Crippen LogP contribution in [0, 0.1) is 10.1 Å². The van der Waals surface area contributed by atoms with Gasteiger partial charge in [-0.1, -0.05) is 0 Å². The summed E-state index contributed by atoms with van der Waals surface area (Å²) in [5.41, 5.74) is 0. The average Bonchev–Trinajstić information content (AvgIpc) is 1.88. The second-order valence-corrected chi connectivity index (χ2v) is 3.21. The Morgan fingerprint density at radius 3 is 3.10 bits per heavy atom. The summed E-state index contributed by atoms with van der Waals surface area (Å²) in [7, 11) is 0. The van der Waals surface area contributed by atoms with Gasteiger partial charge in [0, 0.05) is 6.54 Å². The highest BCUT2D eigenvalue weighted by atomic mass is 32.2. The van der Waals surface area contributed by atoms with E-state index in [4.69, 9.17) is 0 Å². The van der Waals surface area contributed by atoms with Crippen molar-refractivity contribution in [2.24, 2.45) is 0 Å². The fourth-order valence-corrected chi connectivity index (χ4v) is 1.69. The van der Waals surface area contributed by atoms with Gasteiger partial charge in [-0.05, 0) is 12.2 Å². The fourth-order valence-electron chi connectivity index (χ4n) is 0.737. The lowest BCUT2D eigenvalue weighted by Gasteiger charge is -2.14. The highest BCUT2D eigenvalue weighted by molar-refractivity contribution is 8.03. The van der Waals surface area contributed by atoms with Gasteiger partial charge in [0.1, 0.15) is 5.03 Å². The van der Waals surface area contributed by atoms with E-state index in [1.807, 2.05) is 0 Å². The Labute approximate surface area is 62.8 Å². The molecule has 1 aliphatic heterocycles. The van der Waals surface area contributed by atoms with Crippen molar-refractivity contribution in [3.05, 3.63) is 21.3 Å². The lowest BCUT2D eigenvalue weighted by Crippen LogP contribution is -2.19. The van der Waals surface area contributed by atoms with Crippen LogP contribution in [0.4, 0.5) is 0 Å². The van der Waals surface area contributed by atoms with Gasteiger partial charge in [-0.2, -0.15) is 11.8 Å². The number of rotatable bonds is 1. The van der Waals surface area contributed by atoms with Crippen molar-refractivity contribution in [3.63, 3.8) is 0 Å². The zero-order valence-corrected chi connectivity index (χ0v) is 6.30. The van der Waals surface area contributed by atoms with E-state index in [2.05, 4.69) is 5.32 Å². The molecule has 5 heteroatoms. The Balaban J connectivity index is 2.45. The molecule has 0 bridgehead atoms. The minimum atomic E-state index is -0.416. The van der Waals surface area contributed by atoms with Crippen LogP contribution < -0.4 is 5.32 Å². The number of thiol groups is 1. The molecular formula is C5H9N2O2S. The molecule has 0 atom stereocenters. The van der Waals surface area contributed by atoms with Crippen molar-refractivity contribution in [2.45, 2.75) is 6.42 Å². The molecule has 57 valence electrons. The second kappa shape index (κ2) is 3.46. The minimum absolute atomic E-state index is 0.416. The molecule has 1 aliphatic rings. The van der Waals surface area contributed by atoms with Crippen molar-refractivity contribution in [1.29, 1.82) is 0 Å². The van der Waals surface area contributed by atoms with Crippen molar-refractivity contribution >= 4 is 11.8 Å². The molecule has 0 amide bonds.